The van der Waals surface area contributed by atoms with Gasteiger partial charge in [-0.15, -0.1) is 0 Å². The Hall–Kier alpha value is -2.73. The first kappa shape index (κ1) is 10.4. The fraction of sp³-hybridized carbons (Fsp3) is 0. The standard InChI is InChI=1S/C15H9N3/c16-10-12-5-3-9-17-15(12)14-8-7-11-4-1-2-6-13(11)18-14/h1-9H. The van der Waals surface area contributed by atoms with E-state index in [0.29, 0.717) is 11.3 Å². The van der Waals surface area contributed by atoms with Crippen molar-refractivity contribution in [3.8, 4) is 17.5 Å². The number of benzene rings is 1. The molecule has 0 aliphatic rings. The lowest BCUT2D eigenvalue weighted by molar-refractivity contribution is 1.26. The van der Waals surface area contributed by atoms with Crippen LogP contribution < -0.4 is 0 Å². The molecule has 3 rings (SSSR count). The number of aromatic nitrogens is 2. The number of nitriles is 1. The van der Waals surface area contributed by atoms with Crippen molar-refractivity contribution in [1.82, 2.24) is 9.97 Å². The highest BCUT2D eigenvalue weighted by Crippen LogP contribution is 2.21. The third-order valence-corrected chi connectivity index (χ3v) is 2.77. The van der Waals surface area contributed by atoms with E-state index in [9.17, 15) is 0 Å². The number of nitrogens with zero attached hydrogens (tertiary/aromatic N) is 3. The van der Waals surface area contributed by atoms with Gasteiger partial charge in [-0.1, -0.05) is 24.3 Å². The number of rotatable bonds is 1. The summed E-state index contributed by atoms with van der Waals surface area (Å²) in [5.41, 5.74) is 2.81. The molecule has 2 heterocycles. The molecule has 0 radical (unpaired) electrons. The number of para-hydroxylation sites is 1. The van der Waals surface area contributed by atoms with Crippen molar-refractivity contribution in [2.45, 2.75) is 0 Å². The summed E-state index contributed by atoms with van der Waals surface area (Å²) < 4.78 is 0. The third-order valence-electron chi connectivity index (χ3n) is 2.77. The normalized spacial score (nSPS) is 10.2. The maximum Gasteiger partial charge on any atom is 0.106 e. The minimum absolute atomic E-state index is 0.542. The number of fused-ring (bicyclic) bond motifs is 1. The molecule has 0 bridgehead atoms. The summed E-state index contributed by atoms with van der Waals surface area (Å²) in [4.78, 5) is 8.78. The molecule has 0 spiro atoms. The lowest BCUT2D eigenvalue weighted by atomic mass is 10.1. The average molecular weight is 231 g/mol. The van der Waals surface area contributed by atoms with Crippen molar-refractivity contribution in [2.24, 2.45) is 0 Å². The SMILES string of the molecule is N#Cc1cccnc1-c1ccc2ccccc2n1. The predicted octanol–water partition coefficient (Wildman–Crippen LogP) is 3.17. The molecule has 3 aromatic rings. The van der Waals surface area contributed by atoms with Gasteiger partial charge in [0.05, 0.1) is 16.8 Å². The summed E-state index contributed by atoms with van der Waals surface area (Å²) in [5, 5.41) is 10.2. The van der Waals surface area contributed by atoms with Crippen molar-refractivity contribution in [3.63, 3.8) is 0 Å². The summed E-state index contributed by atoms with van der Waals surface area (Å²) in [7, 11) is 0. The van der Waals surface area contributed by atoms with Crippen molar-refractivity contribution in [1.29, 1.82) is 5.26 Å². The van der Waals surface area contributed by atoms with E-state index in [-0.39, 0.29) is 0 Å². The first-order chi connectivity index (χ1) is 8.88. The maximum atomic E-state index is 9.08. The molecule has 3 nitrogen and oxygen atoms in total. The monoisotopic (exact) mass is 231 g/mol. The van der Waals surface area contributed by atoms with Gasteiger partial charge < -0.3 is 0 Å². The fourth-order valence-electron chi connectivity index (χ4n) is 1.90. The van der Waals surface area contributed by atoms with Gasteiger partial charge in [-0.05, 0) is 24.3 Å². The Morgan fingerprint density at radius 1 is 0.944 bits per heavy atom. The van der Waals surface area contributed by atoms with Crippen LogP contribution in [0.1, 0.15) is 5.56 Å². The van der Waals surface area contributed by atoms with E-state index in [1.807, 2.05) is 36.4 Å². The maximum absolute atomic E-state index is 9.08. The highest BCUT2D eigenvalue weighted by Gasteiger charge is 2.07. The summed E-state index contributed by atoms with van der Waals surface area (Å²) in [6, 6.07) is 17.4. The van der Waals surface area contributed by atoms with Crippen LogP contribution in [0.15, 0.2) is 54.7 Å². The van der Waals surface area contributed by atoms with Crippen molar-refractivity contribution in [2.75, 3.05) is 0 Å². The van der Waals surface area contributed by atoms with Gasteiger partial charge in [0.1, 0.15) is 11.8 Å². The van der Waals surface area contributed by atoms with Crippen LogP contribution in [0.25, 0.3) is 22.3 Å². The molecule has 0 saturated heterocycles. The molecule has 18 heavy (non-hydrogen) atoms. The molecule has 0 aliphatic carbocycles. The fourth-order valence-corrected chi connectivity index (χ4v) is 1.90. The average Bonchev–Trinajstić information content (AvgIpc) is 2.46. The van der Waals surface area contributed by atoms with E-state index in [2.05, 4.69) is 16.0 Å². The molecule has 3 heteroatoms. The van der Waals surface area contributed by atoms with E-state index < -0.39 is 0 Å². The van der Waals surface area contributed by atoms with E-state index in [0.717, 1.165) is 16.6 Å². The Balaban J connectivity index is 2.23. The van der Waals surface area contributed by atoms with Gasteiger partial charge >= 0.3 is 0 Å². The lowest BCUT2D eigenvalue weighted by Gasteiger charge is -2.03. The first-order valence-electron chi connectivity index (χ1n) is 5.60. The van der Waals surface area contributed by atoms with Crippen LogP contribution >= 0.6 is 0 Å². The minimum atomic E-state index is 0.542. The highest BCUT2D eigenvalue weighted by atomic mass is 14.8. The van der Waals surface area contributed by atoms with Crippen LogP contribution in [0.4, 0.5) is 0 Å². The van der Waals surface area contributed by atoms with Gasteiger partial charge in [0.15, 0.2) is 0 Å². The largest absolute Gasteiger partial charge is 0.253 e. The van der Waals surface area contributed by atoms with Crippen molar-refractivity contribution in [3.05, 3.63) is 60.3 Å². The quantitative estimate of drug-likeness (QED) is 0.646. The van der Waals surface area contributed by atoms with Crippen LogP contribution in [0, 0.1) is 11.3 Å². The first-order valence-corrected chi connectivity index (χ1v) is 5.60. The Labute approximate surface area is 104 Å². The summed E-state index contributed by atoms with van der Waals surface area (Å²) in [6.07, 6.45) is 1.67. The smallest absolute Gasteiger partial charge is 0.106 e. The Kier molecular flexibility index (Phi) is 2.47. The van der Waals surface area contributed by atoms with Crippen molar-refractivity contribution >= 4 is 10.9 Å². The predicted molar refractivity (Wildman–Crippen MR) is 69.7 cm³/mol. The molecule has 0 unspecified atom stereocenters. The Bertz CT molecular complexity index is 757. The van der Waals surface area contributed by atoms with E-state index in [1.54, 1.807) is 18.3 Å². The van der Waals surface area contributed by atoms with Crippen LogP contribution in [-0.4, -0.2) is 9.97 Å². The highest BCUT2D eigenvalue weighted by molar-refractivity contribution is 5.81. The van der Waals surface area contributed by atoms with Gasteiger partial charge in [-0.2, -0.15) is 5.26 Å². The molecular weight excluding hydrogens is 222 g/mol. The van der Waals surface area contributed by atoms with Gasteiger partial charge in [-0.25, -0.2) is 4.98 Å². The van der Waals surface area contributed by atoms with Gasteiger partial charge in [0, 0.05) is 11.6 Å². The van der Waals surface area contributed by atoms with Gasteiger partial charge in [0.25, 0.3) is 0 Å². The molecule has 0 saturated carbocycles. The second-order valence-electron chi connectivity index (χ2n) is 3.90. The van der Waals surface area contributed by atoms with Gasteiger partial charge in [-0.3, -0.25) is 4.98 Å². The second-order valence-corrected chi connectivity index (χ2v) is 3.90. The van der Waals surface area contributed by atoms with Crippen LogP contribution in [0.3, 0.4) is 0 Å². The summed E-state index contributed by atoms with van der Waals surface area (Å²) in [5.74, 6) is 0. The molecular formula is C15H9N3. The number of hydrogen-bond donors (Lipinski definition) is 0. The summed E-state index contributed by atoms with van der Waals surface area (Å²) in [6.45, 7) is 0. The number of pyridine rings is 2. The molecule has 0 N–H and O–H groups in total. The molecule has 0 aliphatic heterocycles. The van der Waals surface area contributed by atoms with Crippen LogP contribution in [0.2, 0.25) is 0 Å². The zero-order valence-electron chi connectivity index (χ0n) is 9.54. The lowest BCUT2D eigenvalue weighted by Crippen LogP contribution is -1.91. The number of hydrogen-bond acceptors (Lipinski definition) is 3. The van der Waals surface area contributed by atoms with E-state index in [4.69, 9.17) is 5.26 Å². The zero-order chi connectivity index (χ0) is 12.4. The minimum Gasteiger partial charge on any atom is -0.253 e. The molecule has 0 amide bonds. The van der Waals surface area contributed by atoms with Crippen molar-refractivity contribution < 1.29 is 0 Å². The topological polar surface area (TPSA) is 49.6 Å². The molecule has 84 valence electrons. The molecule has 0 atom stereocenters. The molecule has 1 aromatic carbocycles. The van der Waals surface area contributed by atoms with E-state index >= 15 is 0 Å². The summed E-state index contributed by atoms with van der Waals surface area (Å²) >= 11 is 0. The third kappa shape index (κ3) is 1.70. The Morgan fingerprint density at radius 3 is 2.72 bits per heavy atom. The molecule has 0 fully saturated rings. The second kappa shape index (κ2) is 4.27. The Morgan fingerprint density at radius 2 is 1.83 bits per heavy atom. The molecule has 2 aromatic heterocycles. The van der Waals surface area contributed by atoms with Crippen LogP contribution in [-0.2, 0) is 0 Å². The van der Waals surface area contributed by atoms with E-state index in [1.165, 1.54) is 0 Å². The zero-order valence-corrected chi connectivity index (χ0v) is 9.54. The van der Waals surface area contributed by atoms with Gasteiger partial charge in [0.2, 0.25) is 0 Å². The van der Waals surface area contributed by atoms with Crippen LogP contribution in [0.5, 0.6) is 0 Å².